The summed E-state index contributed by atoms with van der Waals surface area (Å²) in [5.41, 5.74) is 2.66. The molecule has 2 aromatic rings. The lowest BCUT2D eigenvalue weighted by Crippen LogP contribution is -2.35. The summed E-state index contributed by atoms with van der Waals surface area (Å²) < 4.78 is 5.95. The lowest BCUT2D eigenvalue weighted by atomic mass is 10.0. The number of hydrogen-bond acceptors (Lipinski definition) is 3. The number of benzene rings is 1. The average Bonchev–Trinajstić information content (AvgIpc) is 3.02. The molecule has 0 unspecified atom stereocenters. The second kappa shape index (κ2) is 9.04. The monoisotopic (exact) mass is 354 g/mol. The van der Waals surface area contributed by atoms with Crippen LogP contribution in [-0.4, -0.2) is 36.3 Å². The Balaban J connectivity index is 1.39. The van der Waals surface area contributed by atoms with E-state index in [1.807, 2.05) is 19.0 Å². The van der Waals surface area contributed by atoms with Gasteiger partial charge in [0.15, 0.2) is 0 Å². The largest absolute Gasteiger partial charge is 0.463 e. The minimum atomic E-state index is 0.265. The van der Waals surface area contributed by atoms with Crippen LogP contribution >= 0.6 is 0 Å². The number of amides is 1. The van der Waals surface area contributed by atoms with Crippen molar-refractivity contribution in [3.8, 4) is 0 Å². The van der Waals surface area contributed by atoms with Gasteiger partial charge in [-0.2, -0.15) is 0 Å². The van der Waals surface area contributed by atoms with Crippen LogP contribution in [0.15, 0.2) is 40.8 Å². The van der Waals surface area contributed by atoms with Crippen LogP contribution in [0, 0.1) is 0 Å². The van der Waals surface area contributed by atoms with Crippen molar-refractivity contribution in [3.63, 3.8) is 0 Å². The minimum Gasteiger partial charge on any atom is -0.463 e. The maximum Gasteiger partial charge on any atom is 0.222 e. The van der Waals surface area contributed by atoms with Crippen molar-refractivity contribution < 1.29 is 9.21 Å². The van der Waals surface area contributed by atoms with E-state index in [4.69, 9.17) is 4.42 Å². The molecule has 0 atom stereocenters. The van der Waals surface area contributed by atoms with Gasteiger partial charge in [0.25, 0.3) is 0 Å². The highest BCUT2D eigenvalue weighted by Crippen LogP contribution is 2.24. The topological polar surface area (TPSA) is 36.7 Å². The Bertz CT molecular complexity index is 706. The van der Waals surface area contributed by atoms with Crippen LogP contribution in [0.3, 0.4) is 0 Å². The first-order valence-electron chi connectivity index (χ1n) is 9.68. The fourth-order valence-electron chi connectivity index (χ4n) is 3.57. The zero-order chi connectivity index (χ0) is 18.4. The molecule has 4 heteroatoms. The third-order valence-electron chi connectivity index (χ3n) is 4.96. The molecule has 0 N–H and O–H groups in total. The molecule has 0 saturated carbocycles. The van der Waals surface area contributed by atoms with Gasteiger partial charge in [0.2, 0.25) is 5.91 Å². The second-order valence-electron chi connectivity index (χ2n) is 7.51. The summed E-state index contributed by atoms with van der Waals surface area (Å²) in [6.45, 7) is 2.25. The first-order chi connectivity index (χ1) is 12.6. The molecule has 1 aliphatic heterocycles. The molecule has 0 aliphatic carbocycles. The highest BCUT2D eigenvalue weighted by Gasteiger charge is 2.23. The van der Waals surface area contributed by atoms with Gasteiger partial charge in [0.1, 0.15) is 11.5 Å². The summed E-state index contributed by atoms with van der Waals surface area (Å²) in [5.74, 6) is 2.24. The van der Waals surface area contributed by atoms with Crippen LogP contribution in [-0.2, 0) is 30.7 Å². The maximum absolute atomic E-state index is 12.5. The summed E-state index contributed by atoms with van der Waals surface area (Å²) >= 11 is 0. The standard InChI is InChI=1S/C22H30N2O2/c1-23(2)16-20-15-19-13-14-24(17-21(19)26-20)22(25)12-8-4-7-11-18-9-5-3-6-10-18/h3,5-6,9-10,15H,4,7-8,11-14,16-17H2,1-2H3. The molecular weight excluding hydrogens is 324 g/mol. The fraction of sp³-hybridized carbons (Fsp3) is 0.500. The summed E-state index contributed by atoms with van der Waals surface area (Å²) in [5, 5.41) is 0. The Hall–Kier alpha value is -2.07. The maximum atomic E-state index is 12.5. The van der Waals surface area contributed by atoms with Crippen LogP contribution in [0.2, 0.25) is 0 Å². The molecule has 1 aromatic carbocycles. The van der Waals surface area contributed by atoms with E-state index < -0.39 is 0 Å². The number of fused-ring (bicyclic) bond motifs is 1. The van der Waals surface area contributed by atoms with Gasteiger partial charge < -0.3 is 14.2 Å². The van der Waals surface area contributed by atoms with Crippen molar-refractivity contribution in [2.45, 2.75) is 51.6 Å². The molecule has 0 radical (unpaired) electrons. The quantitative estimate of drug-likeness (QED) is 0.672. The van der Waals surface area contributed by atoms with Crippen molar-refractivity contribution in [2.75, 3.05) is 20.6 Å². The molecule has 0 saturated heterocycles. The minimum absolute atomic E-state index is 0.265. The zero-order valence-corrected chi connectivity index (χ0v) is 16.0. The van der Waals surface area contributed by atoms with E-state index in [0.29, 0.717) is 13.0 Å². The Kier molecular flexibility index (Phi) is 6.51. The molecular formula is C22H30N2O2. The zero-order valence-electron chi connectivity index (χ0n) is 16.0. The SMILES string of the molecule is CN(C)Cc1cc2c(o1)CN(C(=O)CCCCCc1ccccc1)CC2. The van der Waals surface area contributed by atoms with Crippen LogP contribution in [0.25, 0.3) is 0 Å². The van der Waals surface area contributed by atoms with E-state index >= 15 is 0 Å². The molecule has 0 bridgehead atoms. The average molecular weight is 354 g/mol. The van der Waals surface area contributed by atoms with Gasteiger partial charge in [-0.15, -0.1) is 0 Å². The second-order valence-corrected chi connectivity index (χ2v) is 7.51. The van der Waals surface area contributed by atoms with E-state index in [1.165, 1.54) is 11.1 Å². The number of aryl methyl sites for hydroxylation is 1. The van der Waals surface area contributed by atoms with Gasteiger partial charge in [-0.05, 0) is 57.0 Å². The Labute approximate surface area is 156 Å². The molecule has 1 aliphatic rings. The van der Waals surface area contributed by atoms with E-state index in [1.54, 1.807) is 0 Å². The Morgan fingerprint density at radius 3 is 2.73 bits per heavy atom. The number of hydrogen-bond donors (Lipinski definition) is 0. The normalized spacial score (nSPS) is 13.9. The lowest BCUT2D eigenvalue weighted by molar-refractivity contribution is -0.132. The highest BCUT2D eigenvalue weighted by molar-refractivity contribution is 5.76. The molecule has 0 spiro atoms. The third-order valence-corrected chi connectivity index (χ3v) is 4.96. The van der Waals surface area contributed by atoms with E-state index in [9.17, 15) is 4.79 Å². The Morgan fingerprint density at radius 1 is 1.15 bits per heavy atom. The van der Waals surface area contributed by atoms with Crippen molar-refractivity contribution in [1.29, 1.82) is 0 Å². The first-order valence-corrected chi connectivity index (χ1v) is 9.68. The van der Waals surface area contributed by atoms with E-state index in [0.717, 1.165) is 56.7 Å². The van der Waals surface area contributed by atoms with E-state index in [-0.39, 0.29) is 5.91 Å². The molecule has 140 valence electrons. The fourth-order valence-corrected chi connectivity index (χ4v) is 3.57. The van der Waals surface area contributed by atoms with Gasteiger partial charge in [0.05, 0.1) is 13.1 Å². The highest BCUT2D eigenvalue weighted by atomic mass is 16.3. The number of nitrogens with zero attached hydrogens (tertiary/aromatic N) is 2. The number of carbonyl (C=O) groups is 1. The summed E-state index contributed by atoms with van der Waals surface area (Å²) in [6.07, 6.45) is 5.88. The number of rotatable bonds is 8. The molecule has 3 rings (SSSR count). The Morgan fingerprint density at radius 2 is 1.96 bits per heavy atom. The molecule has 2 heterocycles. The summed E-state index contributed by atoms with van der Waals surface area (Å²) in [6, 6.07) is 12.7. The first kappa shape index (κ1) is 18.7. The van der Waals surface area contributed by atoms with Crippen LogP contribution in [0.5, 0.6) is 0 Å². The van der Waals surface area contributed by atoms with Crippen molar-refractivity contribution >= 4 is 5.91 Å². The number of carbonyl (C=O) groups excluding carboxylic acids is 1. The van der Waals surface area contributed by atoms with Crippen LogP contribution < -0.4 is 0 Å². The van der Waals surface area contributed by atoms with Crippen LogP contribution in [0.1, 0.15) is 48.3 Å². The van der Waals surface area contributed by atoms with Crippen molar-refractivity contribution in [2.24, 2.45) is 0 Å². The van der Waals surface area contributed by atoms with Gasteiger partial charge in [-0.1, -0.05) is 36.8 Å². The smallest absolute Gasteiger partial charge is 0.222 e. The van der Waals surface area contributed by atoms with E-state index in [2.05, 4.69) is 41.3 Å². The predicted molar refractivity (Wildman–Crippen MR) is 104 cm³/mol. The third kappa shape index (κ3) is 5.21. The molecule has 1 amide bonds. The summed E-state index contributed by atoms with van der Waals surface area (Å²) in [7, 11) is 4.07. The predicted octanol–water partition coefficient (Wildman–Crippen LogP) is 4.03. The molecule has 0 fully saturated rings. The van der Waals surface area contributed by atoms with Crippen molar-refractivity contribution in [1.82, 2.24) is 9.80 Å². The molecule has 1 aromatic heterocycles. The number of unbranched alkanes of at least 4 members (excludes halogenated alkanes) is 2. The van der Waals surface area contributed by atoms with Crippen molar-refractivity contribution in [3.05, 3.63) is 59.0 Å². The van der Waals surface area contributed by atoms with Gasteiger partial charge in [-0.3, -0.25) is 4.79 Å². The molecule has 4 nitrogen and oxygen atoms in total. The number of furan rings is 1. The lowest BCUT2D eigenvalue weighted by Gasteiger charge is -2.26. The van der Waals surface area contributed by atoms with Gasteiger partial charge in [-0.25, -0.2) is 0 Å². The van der Waals surface area contributed by atoms with Gasteiger partial charge in [0, 0.05) is 13.0 Å². The van der Waals surface area contributed by atoms with Gasteiger partial charge >= 0.3 is 0 Å². The molecule has 26 heavy (non-hydrogen) atoms. The van der Waals surface area contributed by atoms with Crippen LogP contribution in [0.4, 0.5) is 0 Å². The summed E-state index contributed by atoms with van der Waals surface area (Å²) in [4.78, 5) is 16.6.